The Morgan fingerprint density at radius 2 is 2.20 bits per heavy atom. The fourth-order valence-corrected chi connectivity index (χ4v) is 2.34. The van der Waals surface area contributed by atoms with E-state index >= 15 is 0 Å². The van der Waals surface area contributed by atoms with Crippen molar-refractivity contribution in [2.24, 2.45) is 10.6 Å². The van der Waals surface area contributed by atoms with Gasteiger partial charge in [0.15, 0.2) is 5.78 Å². The van der Waals surface area contributed by atoms with Gasteiger partial charge in [0.05, 0.1) is 11.3 Å². The van der Waals surface area contributed by atoms with Gasteiger partial charge in [-0.05, 0) is 17.9 Å². The van der Waals surface area contributed by atoms with Crippen molar-refractivity contribution in [3.05, 3.63) is 22.9 Å². The summed E-state index contributed by atoms with van der Waals surface area (Å²) < 4.78 is 0. The molecule has 0 saturated carbocycles. The molecule has 0 saturated heterocycles. The molecule has 5 heteroatoms. The zero-order valence-electron chi connectivity index (χ0n) is 12.3. The molecule has 112 valence electrons. The van der Waals surface area contributed by atoms with Gasteiger partial charge in [0.2, 0.25) is 0 Å². The molecule has 0 spiro atoms. The third-order valence-corrected chi connectivity index (χ3v) is 3.24. The van der Waals surface area contributed by atoms with E-state index in [1.54, 1.807) is 6.08 Å². The normalized spacial score (nSPS) is 19.8. The highest BCUT2D eigenvalue weighted by Crippen LogP contribution is 2.36. The monoisotopic (exact) mass is 299 g/mol. The van der Waals surface area contributed by atoms with Gasteiger partial charge in [0, 0.05) is 18.4 Å². The smallest absolute Gasteiger partial charge is 0.168 e. The minimum atomic E-state index is -0.204. The van der Waals surface area contributed by atoms with E-state index in [0.29, 0.717) is 30.5 Å². The largest absolute Gasteiger partial charge is 0.511 e. The number of rotatable bonds is 6. The van der Waals surface area contributed by atoms with E-state index in [-0.39, 0.29) is 23.6 Å². The molecule has 0 aromatic carbocycles. The van der Waals surface area contributed by atoms with Crippen molar-refractivity contribution in [3.8, 4) is 0 Å². The molecule has 1 N–H and O–H groups in total. The summed E-state index contributed by atoms with van der Waals surface area (Å²) in [5, 5.41) is 14.2. The quantitative estimate of drug-likeness (QED) is 0.456. The fraction of sp³-hybridized carbons (Fsp3) is 0.600. The summed E-state index contributed by atoms with van der Waals surface area (Å²) in [7, 11) is 0. The van der Waals surface area contributed by atoms with Crippen LogP contribution in [0.15, 0.2) is 28.1 Å². The molecule has 0 aliphatic heterocycles. The van der Waals surface area contributed by atoms with Crippen molar-refractivity contribution in [2.75, 3.05) is 6.61 Å². The highest BCUT2D eigenvalue weighted by molar-refractivity contribution is 6.25. The Hall–Kier alpha value is -1.29. The molecule has 0 bridgehead atoms. The highest BCUT2D eigenvalue weighted by Gasteiger charge is 2.35. The average molecular weight is 300 g/mol. The molecule has 0 amide bonds. The van der Waals surface area contributed by atoms with Crippen molar-refractivity contribution in [1.82, 2.24) is 0 Å². The van der Waals surface area contributed by atoms with Gasteiger partial charge < -0.3 is 9.94 Å². The Bertz CT molecular complexity index is 450. The number of hydrogen-bond donors (Lipinski definition) is 1. The number of Topliss-reactive ketones (excluding diaryl/α,β-unsaturated/α-hetero) is 1. The second kappa shape index (κ2) is 7.48. The van der Waals surface area contributed by atoms with E-state index in [0.717, 1.165) is 6.42 Å². The van der Waals surface area contributed by atoms with Crippen LogP contribution < -0.4 is 0 Å². The van der Waals surface area contributed by atoms with Crippen LogP contribution in [0.25, 0.3) is 0 Å². The minimum absolute atomic E-state index is 0.0672. The van der Waals surface area contributed by atoms with Crippen LogP contribution >= 0.6 is 11.6 Å². The van der Waals surface area contributed by atoms with Crippen molar-refractivity contribution in [1.29, 1.82) is 0 Å². The molecular formula is C15H22ClNO3. The summed E-state index contributed by atoms with van der Waals surface area (Å²) in [6.07, 6.45) is 3.92. The molecule has 1 rings (SSSR count). The van der Waals surface area contributed by atoms with Gasteiger partial charge in [-0.2, -0.15) is 0 Å². The van der Waals surface area contributed by atoms with Crippen molar-refractivity contribution < 1.29 is 14.7 Å². The second-order valence-corrected chi connectivity index (χ2v) is 5.96. The lowest BCUT2D eigenvalue weighted by atomic mass is 9.75. The van der Waals surface area contributed by atoms with Gasteiger partial charge in [-0.1, -0.05) is 43.9 Å². The van der Waals surface area contributed by atoms with Gasteiger partial charge in [0.1, 0.15) is 12.4 Å². The third kappa shape index (κ3) is 4.67. The first kappa shape index (κ1) is 16.8. The third-order valence-electron chi connectivity index (χ3n) is 3.06. The van der Waals surface area contributed by atoms with Crippen molar-refractivity contribution in [2.45, 2.75) is 46.5 Å². The van der Waals surface area contributed by atoms with E-state index in [1.807, 2.05) is 20.8 Å². The lowest BCUT2D eigenvalue weighted by Crippen LogP contribution is -2.29. The molecule has 0 atom stereocenters. The Balaban J connectivity index is 2.98. The van der Waals surface area contributed by atoms with E-state index in [9.17, 15) is 9.90 Å². The Labute approximate surface area is 125 Å². The zero-order chi connectivity index (χ0) is 15.2. The summed E-state index contributed by atoms with van der Waals surface area (Å²) >= 11 is 5.39. The van der Waals surface area contributed by atoms with Gasteiger partial charge in [-0.25, -0.2) is 0 Å². The van der Waals surface area contributed by atoms with E-state index in [2.05, 4.69) is 5.16 Å². The van der Waals surface area contributed by atoms with Gasteiger partial charge in [-0.15, -0.1) is 0 Å². The van der Waals surface area contributed by atoms with Crippen LogP contribution in [-0.4, -0.2) is 23.2 Å². The summed E-state index contributed by atoms with van der Waals surface area (Å²) in [4.78, 5) is 17.3. The standard InChI is InChI=1S/C15H22ClNO3/c1-4-6-11(17-20-8-5-7-16)14-12(18)9-15(2,3)10-13(14)19/h5,7,18H,4,6,8-10H2,1-3H3/b7-5+,17-11-. The molecule has 1 aliphatic carbocycles. The topological polar surface area (TPSA) is 58.9 Å². The van der Waals surface area contributed by atoms with E-state index < -0.39 is 0 Å². The number of carbonyl (C=O) groups excluding carboxylic acids is 1. The number of allylic oxidation sites excluding steroid dienone is 2. The number of aliphatic hydroxyl groups excluding tert-OH is 1. The predicted octanol–water partition coefficient (Wildman–Crippen LogP) is 4.11. The van der Waals surface area contributed by atoms with E-state index in [4.69, 9.17) is 16.4 Å². The van der Waals surface area contributed by atoms with Crippen LogP contribution in [0.3, 0.4) is 0 Å². The summed E-state index contributed by atoms with van der Waals surface area (Å²) in [6.45, 7) is 6.17. The predicted molar refractivity (Wildman–Crippen MR) is 81.0 cm³/mol. The minimum Gasteiger partial charge on any atom is -0.511 e. The number of carbonyl (C=O) groups is 1. The van der Waals surface area contributed by atoms with Crippen LogP contribution in [-0.2, 0) is 9.63 Å². The first-order valence-corrected chi connectivity index (χ1v) is 7.24. The van der Waals surface area contributed by atoms with Gasteiger partial charge >= 0.3 is 0 Å². The lowest BCUT2D eigenvalue weighted by Gasteiger charge is -2.29. The van der Waals surface area contributed by atoms with Gasteiger partial charge in [0.25, 0.3) is 0 Å². The van der Waals surface area contributed by atoms with Crippen LogP contribution in [0.5, 0.6) is 0 Å². The Morgan fingerprint density at radius 1 is 1.50 bits per heavy atom. The Morgan fingerprint density at radius 3 is 2.75 bits per heavy atom. The molecule has 0 fully saturated rings. The second-order valence-electron chi connectivity index (χ2n) is 5.71. The number of hydrogen-bond acceptors (Lipinski definition) is 4. The number of ketones is 1. The SMILES string of the molecule is CCC/C(=N/OC/C=C/Cl)C1=C(O)CC(C)(C)CC1=O. The van der Waals surface area contributed by atoms with Crippen LogP contribution in [0.4, 0.5) is 0 Å². The first-order chi connectivity index (χ1) is 9.41. The molecule has 0 unspecified atom stereocenters. The van der Waals surface area contributed by atoms with Crippen LogP contribution in [0, 0.1) is 5.41 Å². The molecule has 0 radical (unpaired) electrons. The number of oxime groups is 1. The van der Waals surface area contributed by atoms with E-state index in [1.165, 1.54) is 5.54 Å². The van der Waals surface area contributed by atoms with Crippen LogP contribution in [0.1, 0.15) is 46.5 Å². The molecule has 1 aliphatic rings. The molecule has 0 aromatic heterocycles. The molecular weight excluding hydrogens is 278 g/mol. The highest BCUT2D eigenvalue weighted by atomic mass is 35.5. The van der Waals surface area contributed by atoms with Crippen molar-refractivity contribution >= 4 is 23.1 Å². The molecule has 0 heterocycles. The maximum Gasteiger partial charge on any atom is 0.168 e. The lowest BCUT2D eigenvalue weighted by molar-refractivity contribution is -0.118. The number of aliphatic hydroxyl groups is 1. The number of nitrogens with zero attached hydrogens (tertiary/aromatic N) is 1. The zero-order valence-corrected chi connectivity index (χ0v) is 13.0. The Kier molecular flexibility index (Phi) is 6.27. The summed E-state index contributed by atoms with van der Waals surface area (Å²) in [5.74, 6) is 0.0531. The van der Waals surface area contributed by atoms with Crippen molar-refractivity contribution in [3.63, 3.8) is 0 Å². The summed E-state index contributed by atoms with van der Waals surface area (Å²) in [6, 6.07) is 0. The first-order valence-electron chi connectivity index (χ1n) is 6.81. The average Bonchev–Trinajstić information content (AvgIpc) is 2.32. The molecule has 4 nitrogen and oxygen atoms in total. The number of halogens is 1. The molecule has 20 heavy (non-hydrogen) atoms. The van der Waals surface area contributed by atoms with Crippen LogP contribution in [0.2, 0.25) is 0 Å². The van der Waals surface area contributed by atoms with Gasteiger partial charge in [-0.3, -0.25) is 4.79 Å². The summed E-state index contributed by atoms with van der Waals surface area (Å²) in [5.41, 5.74) is 2.00. The maximum absolute atomic E-state index is 12.2. The fourth-order valence-electron chi connectivity index (χ4n) is 2.26. The maximum atomic E-state index is 12.2. The molecule has 0 aromatic rings.